The zero-order valence-electron chi connectivity index (χ0n) is 20.1. The minimum Gasteiger partial charge on any atom is -0.484 e. The van der Waals surface area contributed by atoms with Gasteiger partial charge in [0.1, 0.15) is 5.60 Å². The van der Waals surface area contributed by atoms with Crippen LogP contribution in [0.5, 0.6) is 5.75 Å². The summed E-state index contributed by atoms with van der Waals surface area (Å²) in [5.74, 6) is 0.126. The molecule has 0 N–H and O–H groups in total. The van der Waals surface area contributed by atoms with Gasteiger partial charge in [-0.3, -0.25) is 0 Å². The SMILES string of the molecule is CC(C)(C)C1(Oc2ccc([S+](c3ccccc3)c3ccccc3)cc2F)CCCCCCC1. The van der Waals surface area contributed by atoms with E-state index in [0.717, 1.165) is 30.6 Å². The van der Waals surface area contributed by atoms with Crippen molar-refractivity contribution < 1.29 is 9.13 Å². The Kier molecular flexibility index (Phi) is 7.48. The van der Waals surface area contributed by atoms with E-state index in [4.69, 9.17) is 4.74 Å². The lowest BCUT2D eigenvalue weighted by Gasteiger charge is -2.46. The molecule has 3 aromatic rings. The molecular weight excluding hydrogens is 427 g/mol. The monoisotopic (exact) mass is 463 g/mol. The van der Waals surface area contributed by atoms with E-state index >= 15 is 4.39 Å². The van der Waals surface area contributed by atoms with Gasteiger partial charge in [0, 0.05) is 11.5 Å². The minimum atomic E-state index is -0.368. The van der Waals surface area contributed by atoms with Crippen LogP contribution in [0.3, 0.4) is 0 Å². The second kappa shape index (κ2) is 10.3. The van der Waals surface area contributed by atoms with Crippen LogP contribution in [0.2, 0.25) is 0 Å². The Morgan fingerprint density at radius 2 is 1.21 bits per heavy atom. The standard InChI is InChI=1S/C30H36FOS/c1-29(2,3)30(21-13-5-4-6-14-22-30)32-28-20-19-26(23-27(28)31)33(24-15-9-7-10-16-24)25-17-11-8-12-18-25/h7-12,15-20,23H,4-6,13-14,21-22H2,1-3H3/q+1. The second-order valence-electron chi connectivity index (χ2n) is 10.1. The Morgan fingerprint density at radius 3 is 1.70 bits per heavy atom. The van der Waals surface area contributed by atoms with Gasteiger partial charge < -0.3 is 4.74 Å². The summed E-state index contributed by atoms with van der Waals surface area (Å²) >= 11 is 0. The molecule has 0 bridgehead atoms. The highest BCUT2D eigenvalue weighted by atomic mass is 32.2. The Hall–Kier alpha value is -2.26. The highest BCUT2D eigenvalue weighted by molar-refractivity contribution is 7.97. The van der Waals surface area contributed by atoms with Crippen LogP contribution in [-0.2, 0) is 10.9 Å². The van der Waals surface area contributed by atoms with Crippen LogP contribution in [0.25, 0.3) is 0 Å². The molecular formula is C30H36FOS+. The van der Waals surface area contributed by atoms with E-state index in [-0.39, 0.29) is 27.7 Å². The molecule has 1 aliphatic rings. The van der Waals surface area contributed by atoms with Crippen LogP contribution in [-0.4, -0.2) is 5.60 Å². The van der Waals surface area contributed by atoms with Gasteiger partial charge in [0.25, 0.3) is 0 Å². The van der Waals surface area contributed by atoms with Crippen LogP contribution in [0.4, 0.5) is 4.39 Å². The molecule has 33 heavy (non-hydrogen) atoms. The molecule has 0 amide bonds. The van der Waals surface area contributed by atoms with Crippen molar-refractivity contribution in [1.82, 2.24) is 0 Å². The number of halogens is 1. The van der Waals surface area contributed by atoms with Gasteiger partial charge in [-0.05, 0) is 62.1 Å². The molecule has 0 aromatic heterocycles. The van der Waals surface area contributed by atoms with Crippen LogP contribution < -0.4 is 4.74 Å². The highest BCUT2D eigenvalue weighted by Gasteiger charge is 2.44. The number of benzene rings is 3. The summed E-state index contributed by atoms with van der Waals surface area (Å²) in [5.41, 5.74) is -0.399. The topological polar surface area (TPSA) is 9.23 Å². The van der Waals surface area contributed by atoms with E-state index in [1.165, 1.54) is 29.1 Å². The van der Waals surface area contributed by atoms with Crippen molar-refractivity contribution in [2.24, 2.45) is 5.41 Å². The predicted molar refractivity (Wildman–Crippen MR) is 137 cm³/mol. The maximum Gasteiger partial charge on any atom is 0.170 e. The summed E-state index contributed by atoms with van der Waals surface area (Å²) in [6.07, 6.45) is 8.01. The van der Waals surface area contributed by atoms with Crippen molar-refractivity contribution in [3.8, 4) is 5.75 Å². The maximum absolute atomic E-state index is 15.6. The van der Waals surface area contributed by atoms with Gasteiger partial charge in [-0.15, -0.1) is 0 Å². The van der Waals surface area contributed by atoms with Crippen molar-refractivity contribution in [1.29, 1.82) is 0 Å². The summed E-state index contributed by atoms with van der Waals surface area (Å²) in [6.45, 7) is 6.72. The molecule has 1 fully saturated rings. The Balaban J connectivity index is 1.69. The fourth-order valence-corrected chi connectivity index (χ4v) is 7.01. The van der Waals surface area contributed by atoms with Crippen molar-refractivity contribution in [3.63, 3.8) is 0 Å². The molecule has 0 aliphatic heterocycles. The Morgan fingerprint density at radius 1 is 0.697 bits per heavy atom. The average molecular weight is 464 g/mol. The molecule has 1 aliphatic carbocycles. The fourth-order valence-electron chi connectivity index (χ4n) is 4.90. The van der Waals surface area contributed by atoms with Crippen LogP contribution in [0, 0.1) is 11.2 Å². The first-order chi connectivity index (χ1) is 15.9. The van der Waals surface area contributed by atoms with E-state index in [1.807, 2.05) is 42.5 Å². The molecule has 0 spiro atoms. The summed E-state index contributed by atoms with van der Waals surface area (Å²) in [5, 5.41) is 0. The van der Waals surface area contributed by atoms with E-state index < -0.39 is 0 Å². The smallest absolute Gasteiger partial charge is 0.170 e. The Labute approximate surface area is 201 Å². The van der Waals surface area contributed by atoms with E-state index in [2.05, 4.69) is 51.1 Å². The molecule has 1 saturated carbocycles. The first kappa shape index (κ1) is 23.9. The van der Waals surface area contributed by atoms with Gasteiger partial charge in [0.2, 0.25) is 0 Å². The molecule has 3 heteroatoms. The number of hydrogen-bond donors (Lipinski definition) is 0. The normalized spacial score (nSPS) is 16.8. The van der Waals surface area contributed by atoms with Gasteiger partial charge in [-0.25, -0.2) is 4.39 Å². The zero-order valence-corrected chi connectivity index (χ0v) is 21.0. The highest BCUT2D eigenvalue weighted by Crippen LogP contribution is 2.45. The van der Waals surface area contributed by atoms with Gasteiger partial charge in [0.15, 0.2) is 26.3 Å². The molecule has 0 atom stereocenters. The number of rotatable bonds is 5. The van der Waals surface area contributed by atoms with Crippen LogP contribution in [0.15, 0.2) is 93.5 Å². The van der Waals surface area contributed by atoms with Gasteiger partial charge >= 0.3 is 0 Å². The van der Waals surface area contributed by atoms with Crippen molar-refractivity contribution in [2.75, 3.05) is 0 Å². The molecule has 0 unspecified atom stereocenters. The largest absolute Gasteiger partial charge is 0.484 e. The third kappa shape index (κ3) is 5.46. The molecule has 174 valence electrons. The van der Waals surface area contributed by atoms with Crippen molar-refractivity contribution in [2.45, 2.75) is 86.0 Å². The van der Waals surface area contributed by atoms with Crippen molar-refractivity contribution >= 4 is 10.9 Å². The predicted octanol–water partition coefficient (Wildman–Crippen LogP) is 8.83. The molecule has 0 heterocycles. The maximum atomic E-state index is 15.6. The van der Waals surface area contributed by atoms with E-state index in [0.29, 0.717) is 5.75 Å². The van der Waals surface area contributed by atoms with Crippen molar-refractivity contribution in [3.05, 3.63) is 84.7 Å². The summed E-state index contributed by atoms with van der Waals surface area (Å²) in [4.78, 5) is 3.34. The average Bonchev–Trinajstić information content (AvgIpc) is 2.78. The van der Waals surface area contributed by atoms with E-state index in [1.54, 1.807) is 6.07 Å². The number of hydrogen-bond acceptors (Lipinski definition) is 1. The molecule has 3 aromatic carbocycles. The third-order valence-electron chi connectivity index (χ3n) is 6.93. The Bertz CT molecular complexity index is 979. The lowest BCUT2D eigenvalue weighted by molar-refractivity contribution is -0.0557. The van der Waals surface area contributed by atoms with Gasteiger partial charge in [-0.1, -0.05) is 76.4 Å². The quantitative estimate of drug-likeness (QED) is 0.343. The fraction of sp³-hybridized carbons (Fsp3) is 0.400. The summed E-state index contributed by atoms with van der Waals surface area (Å²) < 4.78 is 22.3. The molecule has 0 saturated heterocycles. The lowest BCUT2D eigenvalue weighted by Crippen LogP contribution is -2.48. The van der Waals surface area contributed by atoms with Crippen LogP contribution >= 0.6 is 0 Å². The van der Waals surface area contributed by atoms with Gasteiger partial charge in [0.05, 0.1) is 10.9 Å². The summed E-state index contributed by atoms with van der Waals surface area (Å²) in [7, 11) is -0.368. The molecule has 1 nitrogen and oxygen atoms in total. The molecule has 4 rings (SSSR count). The molecule has 0 radical (unpaired) electrons. The number of ether oxygens (including phenoxy) is 1. The van der Waals surface area contributed by atoms with Gasteiger partial charge in [-0.2, -0.15) is 0 Å². The summed E-state index contributed by atoms with van der Waals surface area (Å²) in [6, 6.07) is 26.4. The zero-order chi connectivity index (χ0) is 23.3. The van der Waals surface area contributed by atoms with Crippen LogP contribution in [0.1, 0.15) is 65.7 Å². The minimum absolute atomic E-state index is 0.0617. The second-order valence-corrected chi connectivity index (χ2v) is 12.2. The van der Waals surface area contributed by atoms with E-state index in [9.17, 15) is 0 Å². The first-order valence-electron chi connectivity index (χ1n) is 12.2. The lowest BCUT2D eigenvalue weighted by atomic mass is 9.69. The first-order valence-corrected chi connectivity index (χ1v) is 13.5. The third-order valence-corrected chi connectivity index (χ3v) is 9.14.